The fraction of sp³-hybridized carbons (Fsp3) is 0.815. The highest BCUT2D eigenvalue weighted by molar-refractivity contribution is 6.74. The molecule has 2 rings (SSSR count). The molecule has 5 heteroatoms. The second-order valence-corrected chi connectivity index (χ2v) is 22.7. The molecule has 0 heterocycles. The molecule has 0 aromatic rings. The molecule has 2 unspecified atom stereocenters. The van der Waals surface area contributed by atoms with Gasteiger partial charge in [-0.05, 0) is 60.6 Å². The molecular weight excluding hydrogens is 428 g/mol. The monoisotopic (exact) mass is 478 g/mol. The van der Waals surface area contributed by atoms with Crippen molar-refractivity contribution < 1.29 is 13.6 Å². The van der Waals surface area contributed by atoms with Gasteiger partial charge in [-0.1, -0.05) is 79.5 Å². The first-order valence-corrected chi connectivity index (χ1v) is 18.5. The maximum Gasteiger partial charge on any atom is 0.192 e. The highest BCUT2D eigenvalue weighted by atomic mass is 28.4. The molecule has 2 saturated carbocycles. The number of hydrogen-bond acceptors (Lipinski definition) is 3. The van der Waals surface area contributed by atoms with Gasteiger partial charge in [0.05, 0.1) is 12.2 Å². The molecule has 0 amide bonds. The maximum atomic E-state index is 12.6. The lowest BCUT2D eigenvalue weighted by atomic mass is 9.84. The fourth-order valence-corrected chi connectivity index (χ4v) is 6.91. The first-order chi connectivity index (χ1) is 14.5. The topological polar surface area (TPSA) is 35.5 Å². The molecule has 0 aliphatic heterocycles. The van der Waals surface area contributed by atoms with E-state index in [1.54, 1.807) is 0 Å². The molecule has 0 bridgehead atoms. The van der Waals surface area contributed by atoms with E-state index in [1.807, 2.05) is 0 Å². The summed E-state index contributed by atoms with van der Waals surface area (Å²) in [5.74, 6) is 0.688. The molecule has 0 aromatic carbocycles. The average Bonchev–Trinajstić information content (AvgIpc) is 2.90. The zero-order chi connectivity index (χ0) is 24.5. The molecule has 0 saturated heterocycles. The van der Waals surface area contributed by atoms with Gasteiger partial charge >= 0.3 is 0 Å². The minimum absolute atomic E-state index is 0.0364. The molecule has 3 atom stereocenters. The standard InChI is InChI=1S/C27H50O3Si2/c1-20-22(25(19-23(20)28)30-32(10,11)27(5,6)7)17-18-24(21-15-13-12-14-16-21)29-31(8,9)26(2,3)4/h17-18,21-22,24-25H,1,12-16,19H2,2-11H3/b18-17+/t22?,24-,25?/m1/s1. The molecule has 0 spiro atoms. The Bertz CT molecular complexity index is 703. The third-order valence-corrected chi connectivity index (χ3v) is 17.6. The minimum atomic E-state index is -1.97. The van der Waals surface area contributed by atoms with Crippen molar-refractivity contribution in [1.29, 1.82) is 0 Å². The second kappa shape index (κ2) is 10.0. The van der Waals surface area contributed by atoms with Crippen molar-refractivity contribution in [3.63, 3.8) is 0 Å². The SMILES string of the molecule is C=C1C(=O)CC(O[Si](C)(C)C(C)(C)C)C1/C=C/[C@@H](O[Si](C)(C)C(C)(C)C)C1CCCCC1. The van der Waals surface area contributed by atoms with E-state index in [1.165, 1.54) is 32.1 Å². The van der Waals surface area contributed by atoms with Crippen molar-refractivity contribution in [2.45, 2.75) is 129 Å². The van der Waals surface area contributed by atoms with Crippen LogP contribution in [0.3, 0.4) is 0 Å². The van der Waals surface area contributed by atoms with Crippen LogP contribution in [0.2, 0.25) is 36.3 Å². The van der Waals surface area contributed by atoms with Gasteiger partial charge in [-0.3, -0.25) is 4.79 Å². The molecule has 0 N–H and O–H groups in total. The Morgan fingerprint density at radius 3 is 1.97 bits per heavy atom. The van der Waals surface area contributed by atoms with Crippen molar-refractivity contribution in [2.75, 3.05) is 0 Å². The lowest BCUT2D eigenvalue weighted by molar-refractivity contribution is -0.115. The number of hydrogen-bond donors (Lipinski definition) is 0. The summed E-state index contributed by atoms with van der Waals surface area (Å²) >= 11 is 0. The molecule has 2 fully saturated rings. The van der Waals surface area contributed by atoms with Crippen LogP contribution in [0.4, 0.5) is 0 Å². The summed E-state index contributed by atoms with van der Waals surface area (Å²) in [5, 5.41) is 0.291. The largest absolute Gasteiger partial charge is 0.413 e. The van der Waals surface area contributed by atoms with Gasteiger partial charge in [-0.25, -0.2) is 0 Å². The summed E-state index contributed by atoms with van der Waals surface area (Å²) in [6, 6.07) is 0. The van der Waals surface area contributed by atoms with Crippen molar-refractivity contribution in [1.82, 2.24) is 0 Å². The van der Waals surface area contributed by atoms with E-state index < -0.39 is 16.6 Å². The van der Waals surface area contributed by atoms with Crippen LogP contribution in [-0.2, 0) is 13.6 Å². The van der Waals surface area contributed by atoms with Gasteiger partial charge in [-0.2, -0.15) is 0 Å². The summed E-state index contributed by atoms with van der Waals surface area (Å²) in [7, 11) is -3.88. The van der Waals surface area contributed by atoms with Gasteiger partial charge < -0.3 is 8.85 Å². The van der Waals surface area contributed by atoms with Crippen LogP contribution in [0.5, 0.6) is 0 Å². The van der Waals surface area contributed by atoms with Crippen LogP contribution in [0.15, 0.2) is 24.3 Å². The summed E-state index contributed by atoms with van der Waals surface area (Å²) in [5.41, 5.74) is 0.708. The fourth-order valence-electron chi connectivity index (χ4n) is 4.26. The number of carbonyl (C=O) groups is 1. The molecule has 0 radical (unpaired) electrons. The third kappa shape index (κ3) is 6.55. The normalized spacial score (nSPS) is 25.7. The number of rotatable bonds is 7. The predicted molar refractivity (Wildman–Crippen MR) is 142 cm³/mol. The molecule has 184 valence electrons. The first-order valence-electron chi connectivity index (χ1n) is 12.7. The molecule has 2 aliphatic rings. The van der Waals surface area contributed by atoms with Gasteiger partial charge in [0.2, 0.25) is 0 Å². The zero-order valence-electron chi connectivity index (χ0n) is 22.6. The Hall–Kier alpha value is -0.496. The van der Waals surface area contributed by atoms with E-state index in [-0.39, 0.29) is 34.0 Å². The van der Waals surface area contributed by atoms with Crippen molar-refractivity contribution in [3.05, 3.63) is 24.3 Å². The minimum Gasteiger partial charge on any atom is -0.413 e. The average molecular weight is 479 g/mol. The summed E-state index contributed by atoms with van der Waals surface area (Å²) < 4.78 is 13.7. The smallest absolute Gasteiger partial charge is 0.192 e. The maximum absolute atomic E-state index is 12.6. The Labute approximate surface area is 200 Å². The Balaban J connectivity index is 2.29. The number of ketones is 1. The van der Waals surface area contributed by atoms with Gasteiger partial charge in [0.1, 0.15) is 0 Å². The second-order valence-electron chi connectivity index (χ2n) is 13.2. The van der Waals surface area contributed by atoms with Gasteiger partial charge in [0.25, 0.3) is 0 Å². The van der Waals surface area contributed by atoms with Crippen LogP contribution < -0.4 is 0 Å². The van der Waals surface area contributed by atoms with E-state index in [4.69, 9.17) is 8.85 Å². The highest BCUT2D eigenvalue weighted by Crippen LogP contribution is 2.43. The van der Waals surface area contributed by atoms with Gasteiger partial charge in [0.15, 0.2) is 22.4 Å². The molecule has 3 nitrogen and oxygen atoms in total. The lowest BCUT2D eigenvalue weighted by Gasteiger charge is -2.41. The Morgan fingerprint density at radius 1 is 0.938 bits per heavy atom. The Morgan fingerprint density at radius 2 is 1.47 bits per heavy atom. The number of Topliss-reactive ketones (excluding diaryl/α,β-unsaturated/α-hetero) is 1. The van der Waals surface area contributed by atoms with Crippen molar-refractivity contribution >= 4 is 22.4 Å². The molecule has 2 aliphatic carbocycles. The molecular formula is C27H50O3Si2. The van der Waals surface area contributed by atoms with Crippen LogP contribution in [0.1, 0.15) is 80.1 Å². The summed E-state index contributed by atoms with van der Waals surface area (Å²) in [6.45, 7) is 27.1. The summed E-state index contributed by atoms with van der Waals surface area (Å²) in [4.78, 5) is 12.6. The van der Waals surface area contributed by atoms with Gasteiger partial charge in [-0.15, -0.1) is 0 Å². The van der Waals surface area contributed by atoms with Crippen molar-refractivity contribution in [2.24, 2.45) is 11.8 Å². The van der Waals surface area contributed by atoms with E-state index in [0.29, 0.717) is 17.9 Å². The van der Waals surface area contributed by atoms with Gasteiger partial charge in [0, 0.05) is 12.3 Å². The van der Waals surface area contributed by atoms with Crippen LogP contribution in [-0.4, -0.2) is 34.6 Å². The number of carbonyl (C=O) groups excluding carboxylic acids is 1. The predicted octanol–water partition coefficient (Wildman–Crippen LogP) is 8.05. The summed E-state index contributed by atoms with van der Waals surface area (Å²) in [6.07, 6.45) is 11.4. The van der Waals surface area contributed by atoms with Crippen LogP contribution in [0.25, 0.3) is 0 Å². The highest BCUT2D eigenvalue weighted by Gasteiger charge is 2.45. The van der Waals surface area contributed by atoms with E-state index in [9.17, 15) is 4.79 Å². The lowest BCUT2D eigenvalue weighted by Crippen LogP contribution is -2.46. The first kappa shape index (κ1) is 27.7. The van der Waals surface area contributed by atoms with Crippen molar-refractivity contribution in [3.8, 4) is 0 Å². The van der Waals surface area contributed by atoms with E-state index >= 15 is 0 Å². The molecule has 32 heavy (non-hydrogen) atoms. The van der Waals surface area contributed by atoms with Crippen LogP contribution >= 0.6 is 0 Å². The quantitative estimate of drug-likeness (QED) is 0.211. The van der Waals surface area contributed by atoms with E-state index in [0.717, 1.165) is 0 Å². The third-order valence-electron chi connectivity index (χ3n) is 8.66. The zero-order valence-corrected chi connectivity index (χ0v) is 24.6. The van der Waals surface area contributed by atoms with Crippen LogP contribution in [0, 0.1) is 11.8 Å². The van der Waals surface area contributed by atoms with E-state index in [2.05, 4.69) is 86.5 Å². The molecule has 0 aromatic heterocycles. The Kier molecular flexibility index (Phi) is 8.68.